The highest BCUT2D eigenvalue weighted by atomic mass is 79.9. The standard InChI is InChI=1S/C16H9Br2NS/c17-10-4-1-3-9(7-10)16-19-15-11-5-2-6-13(18)12(11)8-14(15)20-16/h1-7H,8H2. The van der Waals surface area contributed by atoms with E-state index >= 15 is 0 Å². The van der Waals surface area contributed by atoms with Crippen LogP contribution >= 0.6 is 43.2 Å². The summed E-state index contributed by atoms with van der Waals surface area (Å²) < 4.78 is 2.28. The molecule has 0 N–H and O–H groups in total. The largest absolute Gasteiger partial charge is 0.236 e. The molecule has 0 bridgehead atoms. The lowest BCUT2D eigenvalue weighted by atomic mass is 10.1. The van der Waals surface area contributed by atoms with Gasteiger partial charge in [-0.2, -0.15) is 0 Å². The number of nitrogens with zero attached hydrogens (tertiary/aromatic N) is 1. The Morgan fingerprint density at radius 3 is 2.75 bits per heavy atom. The maximum absolute atomic E-state index is 4.86. The number of hydrogen-bond acceptors (Lipinski definition) is 2. The molecule has 0 unspecified atom stereocenters. The molecule has 1 nitrogen and oxygen atoms in total. The van der Waals surface area contributed by atoms with Crippen molar-refractivity contribution in [3.63, 3.8) is 0 Å². The Labute approximate surface area is 137 Å². The minimum absolute atomic E-state index is 0.984. The van der Waals surface area contributed by atoms with E-state index in [9.17, 15) is 0 Å². The molecule has 1 aliphatic carbocycles. The van der Waals surface area contributed by atoms with E-state index in [4.69, 9.17) is 4.98 Å². The van der Waals surface area contributed by atoms with E-state index in [1.165, 1.54) is 26.0 Å². The first kappa shape index (κ1) is 12.7. The van der Waals surface area contributed by atoms with E-state index in [2.05, 4.69) is 68.3 Å². The molecule has 4 heteroatoms. The molecule has 0 aliphatic heterocycles. The van der Waals surface area contributed by atoms with Crippen molar-refractivity contribution in [2.24, 2.45) is 0 Å². The van der Waals surface area contributed by atoms with Crippen LogP contribution < -0.4 is 0 Å². The predicted octanol–water partition coefficient (Wildman–Crippen LogP) is 5.91. The first-order valence-corrected chi connectivity index (χ1v) is 8.66. The van der Waals surface area contributed by atoms with Crippen molar-refractivity contribution in [3.05, 3.63) is 61.9 Å². The van der Waals surface area contributed by atoms with Crippen LogP contribution in [0.1, 0.15) is 10.4 Å². The van der Waals surface area contributed by atoms with Gasteiger partial charge < -0.3 is 0 Å². The lowest BCUT2D eigenvalue weighted by Gasteiger charge is -2.02. The molecule has 0 saturated heterocycles. The maximum atomic E-state index is 4.86. The van der Waals surface area contributed by atoms with Crippen molar-refractivity contribution < 1.29 is 0 Å². The average Bonchev–Trinajstić information content (AvgIpc) is 2.98. The van der Waals surface area contributed by atoms with Gasteiger partial charge in [0.2, 0.25) is 0 Å². The number of halogens is 2. The van der Waals surface area contributed by atoms with Crippen LogP contribution in [0.5, 0.6) is 0 Å². The maximum Gasteiger partial charge on any atom is 0.124 e. The lowest BCUT2D eigenvalue weighted by molar-refractivity contribution is 1.29. The van der Waals surface area contributed by atoms with Crippen molar-refractivity contribution in [1.82, 2.24) is 4.98 Å². The summed E-state index contributed by atoms with van der Waals surface area (Å²) >= 11 is 8.95. The van der Waals surface area contributed by atoms with E-state index in [-0.39, 0.29) is 0 Å². The van der Waals surface area contributed by atoms with E-state index in [0.29, 0.717) is 0 Å². The Balaban J connectivity index is 1.85. The molecule has 4 rings (SSSR count). The molecule has 20 heavy (non-hydrogen) atoms. The summed E-state index contributed by atoms with van der Waals surface area (Å²) in [6.45, 7) is 0. The topological polar surface area (TPSA) is 12.9 Å². The minimum Gasteiger partial charge on any atom is -0.236 e. The van der Waals surface area contributed by atoms with Crippen LogP contribution in [0.3, 0.4) is 0 Å². The highest BCUT2D eigenvalue weighted by molar-refractivity contribution is 9.10. The molecule has 0 saturated carbocycles. The zero-order valence-corrected chi connectivity index (χ0v) is 14.3. The summed E-state index contributed by atoms with van der Waals surface area (Å²) in [6.07, 6.45) is 0.984. The molecule has 98 valence electrons. The normalized spacial score (nSPS) is 12.3. The second-order valence-corrected chi connectivity index (χ2v) is 7.60. The van der Waals surface area contributed by atoms with Gasteiger partial charge in [0.1, 0.15) is 5.01 Å². The molecule has 1 heterocycles. The van der Waals surface area contributed by atoms with Crippen LogP contribution in [0.2, 0.25) is 0 Å². The first-order valence-electron chi connectivity index (χ1n) is 6.26. The van der Waals surface area contributed by atoms with Gasteiger partial charge in [-0.15, -0.1) is 11.3 Å². The highest BCUT2D eigenvalue weighted by Gasteiger charge is 2.25. The Kier molecular flexibility index (Phi) is 3.05. The van der Waals surface area contributed by atoms with Gasteiger partial charge in [0, 0.05) is 31.4 Å². The third-order valence-corrected chi connectivity index (χ3v) is 5.82. The van der Waals surface area contributed by atoms with Crippen LogP contribution in [-0.2, 0) is 6.42 Å². The van der Waals surface area contributed by atoms with E-state index in [0.717, 1.165) is 21.6 Å². The molecule has 0 spiro atoms. The van der Waals surface area contributed by atoms with Gasteiger partial charge in [-0.05, 0) is 23.8 Å². The number of hydrogen-bond donors (Lipinski definition) is 0. The van der Waals surface area contributed by atoms with Gasteiger partial charge in [0.25, 0.3) is 0 Å². The third-order valence-electron chi connectivity index (χ3n) is 3.48. The van der Waals surface area contributed by atoms with Gasteiger partial charge in [-0.3, -0.25) is 0 Å². The van der Waals surface area contributed by atoms with Gasteiger partial charge in [0.15, 0.2) is 0 Å². The fourth-order valence-corrected chi connectivity index (χ4v) is 4.54. The van der Waals surface area contributed by atoms with Gasteiger partial charge in [-0.1, -0.05) is 56.1 Å². The Morgan fingerprint density at radius 1 is 1.05 bits per heavy atom. The van der Waals surface area contributed by atoms with Gasteiger partial charge >= 0.3 is 0 Å². The van der Waals surface area contributed by atoms with Gasteiger partial charge in [0.05, 0.1) is 5.69 Å². The Hall–Kier alpha value is -0.970. The number of aromatic nitrogens is 1. The summed E-state index contributed by atoms with van der Waals surface area (Å²) in [5.41, 5.74) is 4.96. The summed E-state index contributed by atoms with van der Waals surface area (Å²) in [7, 11) is 0. The number of benzene rings is 2. The fourth-order valence-electron chi connectivity index (χ4n) is 2.55. The molecule has 1 aromatic heterocycles. The Bertz CT molecular complexity index is 823. The molecular formula is C16H9Br2NS. The van der Waals surface area contributed by atoms with Crippen LogP contribution in [-0.4, -0.2) is 4.98 Å². The highest BCUT2D eigenvalue weighted by Crippen LogP contribution is 2.44. The average molecular weight is 407 g/mol. The van der Waals surface area contributed by atoms with Crippen molar-refractivity contribution in [1.29, 1.82) is 0 Å². The summed E-state index contributed by atoms with van der Waals surface area (Å²) in [4.78, 5) is 6.22. The number of fused-ring (bicyclic) bond motifs is 3. The van der Waals surface area contributed by atoms with Crippen molar-refractivity contribution in [2.45, 2.75) is 6.42 Å². The molecule has 0 fully saturated rings. The zero-order valence-electron chi connectivity index (χ0n) is 10.4. The predicted molar refractivity (Wildman–Crippen MR) is 91.2 cm³/mol. The van der Waals surface area contributed by atoms with Crippen LogP contribution in [0.25, 0.3) is 21.8 Å². The first-order chi connectivity index (χ1) is 9.72. The molecular weight excluding hydrogens is 398 g/mol. The smallest absolute Gasteiger partial charge is 0.124 e. The van der Waals surface area contributed by atoms with Crippen LogP contribution in [0.15, 0.2) is 51.4 Å². The Morgan fingerprint density at radius 2 is 1.90 bits per heavy atom. The summed E-state index contributed by atoms with van der Waals surface area (Å²) in [5.74, 6) is 0. The van der Waals surface area contributed by atoms with Crippen LogP contribution in [0.4, 0.5) is 0 Å². The molecule has 2 aromatic carbocycles. The summed E-state index contributed by atoms with van der Waals surface area (Å²) in [6, 6.07) is 14.7. The van der Waals surface area contributed by atoms with Crippen molar-refractivity contribution >= 4 is 43.2 Å². The fraction of sp³-hybridized carbons (Fsp3) is 0.0625. The molecule has 3 aromatic rings. The van der Waals surface area contributed by atoms with Gasteiger partial charge in [-0.25, -0.2) is 4.98 Å². The van der Waals surface area contributed by atoms with E-state index in [1.54, 1.807) is 11.3 Å². The van der Waals surface area contributed by atoms with E-state index in [1.807, 2.05) is 6.07 Å². The van der Waals surface area contributed by atoms with Crippen molar-refractivity contribution in [2.75, 3.05) is 0 Å². The van der Waals surface area contributed by atoms with E-state index < -0.39 is 0 Å². The monoisotopic (exact) mass is 405 g/mol. The van der Waals surface area contributed by atoms with Crippen molar-refractivity contribution in [3.8, 4) is 21.8 Å². The quantitative estimate of drug-likeness (QED) is 0.383. The second kappa shape index (κ2) is 4.79. The lowest BCUT2D eigenvalue weighted by Crippen LogP contribution is -1.83. The zero-order chi connectivity index (χ0) is 13.7. The molecule has 0 radical (unpaired) electrons. The minimum atomic E-state index is 0.984. The number of rotatable bonds is 1. The third kappa shape index (κ3) is 1.98. The molecule has 0 atom stereocenters. The van der Waals surface area contributed by atoms with Crippen LogP contribution in [0, 0.1) is 0 Å². The number of thiazole rings is 1. The second-order valence-electron chi connectivity index (χ2n) is 4.74. The summed E-state index contributed by atoms with van der Waals surface area (Å²) in [5, 5.41) is 1.10. The SMILES string of the molecule is Brc1cccc(-c2nc3c(s2)Cc2c(Br)cccc2-3)c1. The molecule has 1 aliphatic rings. The molecule has 0 amide bonds.